The van der Waals surface area contributed by atoms with Gasteiger partial charge in [-0.2, -0.15) is 0 Å². The molecule has 2 aromatic carbocycles. The zero-order valence-electron chi connectivity index (χ0n) is 12.7. The number of nitrogens with zero attached hydrogens (tertiary/aromatic N) is 1. The van der Waals surface area contributed by atoms with E-state index in [4.69, 9.17) is 4.74 Å². The van der Waals surface area contributed by atoms with Gasteiger partial charge in [0.25, 0.3) is 5.91 Å². The van der Waals surface area contributed by atoms with Crippen LogP contribution in [0, 0.1) is 6.92 Å². The number of ether oxygens (including phenoxy) is 1. The van der Waals surface area contributed by atoms with Crippen LogP contribution in [-0.4, -0.2) is 17.5 Å². The Kier molecular flexibility index (Phi) is 4.68. The van der Waals surface area contributed by atoms with Gasteiger partial charge in [0.2, 0.25) is 0 Å². The second kappa shape index (κ2) is 7.07. The Labute approximate surface area is 138 Å². The highest BCUT2D eigenvalue weighted by molar-refractivity contribution is 7.09. The molecule has 1 amide bonds. The van der Waals surface area contributed by atoms with Crippen LogP contribution in [0.3, 0.4) is 0 Å². The fourth-order valence-electron chi connectivity index (χ4n) is 2.15. The monoisotopic (exact) mass is 324 g/mol. The van der Waals surface area contributed by atoms with E-state index in [1.165, 1.54) is 0 Å². The van der Waals surface area contributed by atoms with Gasteiger partial charge in [-0.1, -0.05) is 36.4 Å². The zero-order chi connectivity index (χ0) is 16.1. The van der Waals surface area contributed by atoms with Gasteiger partial charge >= 0.3 is 0 Å². The molecule has 3 aromatic rings. The van der Waals surface area contributed by atoms with Crippen LogP contribution in [0.2, 0.25) is 0 Å². The van der Waals surface area contributed by atoms with Crippen LogP contribution in [0.25, 0.3) is 11.3 Å². The molecule has 0 fully saturated rings. The first-order valence-corrected chi connectivity index (χ1v) is 8.09. The molecule has 0 atom stereocenters. The lowest BCUT2D eigenvalue weighted by atomic mass is 10.1. The molecule has 0 saturated carbocycles. The number of thiazole rings is 1. The van der Waals surface area contributed by atoms with Crippen molar-refractivity contribution in [3.63, 3.8) is 0 Å². The van der Waals surface area contributed by atoms with Crippen LogP contribution in [0.4, 0.5) is 5.69 Å². The van der Waals surface area contributed by atoms with E-state index in [1.54, 1.807) is 11.3 Å². The molecule has 4 nitrogen and oxygen atoms in total. The molecule has 1 heterocycles. The molecule has 5 heteroatoms. The van der Waals surface area contributed by atoms with Gasteiger partial charge in [-0.05, 0) is 25.1 Å². The van der Waals surface area contributed by atoms with E-state index in [-0.39, 0.29) is 12.5 Å². The zero-order valence-corrected chi connectivity index (χ0v) is 13.5. The average molecular weight is 324 g/mol. The van der Waals surface area contributed by atoms with Crippen LogP contribution in [0.5, 0.6) is 5.75 Å². The third-order valence-corrected chi connectivity index (χ3v) is 3.98. The first-order valence-electron chi connectivity index (χ1n) is 7.21. The molecule has 0 spiro atoms. The highest BCUT2D eigenvalue weighted by Gasteiger charge is 2.10. The molecule has 0 bridgehead atoms. The number of rotatable bonds is 5. The molecule has 3 rings (SSSR count). The number of benzene rings is 2. The second-order valence-corrected chi connectivity index (χ2v) is 6.01. The summed E-state index contributed by atoms with van der Waals surface area (Å²) in [6, 6.07) is 16.9. The van der Waals surface area contributed by atoms with Crippen molar-refractivity contribution in [2.75, 3.05) is 11.9 Å². The van der Waals surface area contributed by atoms with Crippen molar-refractivity contribution in [1.29, 1.82) is 0 Å². The predicted molar refractivity (Wildman–Crippen MR) is 92.9 cm³/mol. The standard InChI is InChI=1S/C18H16N2O2S/c1-13-19-17(12-23-13)15-9-5-6-10-16(15)20-18(21)11-22-14-7-3-2-4-8-14/h2-10,12H,11H2,1H3,(H,20,21). The quantitative estimate of drug-likeness (QED) is 0.767. The molecule has 0 aliphatic heterocycles. The fraction of sp³-hybridized carbons (Fsp3) is 0.111. The van der Waals surface area contributed by atoms with Gasteiger partial charge in [-0.3, -0.25) is 4.79 Å². The van der Waals surface area contributed by atoms with E-state index in [2.05, 4.69) is 10.3 Å². The Morgan fingerprint density at radius 3 is 2.61 bits per heavy atom. The van der Waals surface area contributed by atoms with E-state index in [9.17, 15) is 4.79 Å². The lowest BCUT2D eigenvalue weighted by Gasteiger charge is -2.10. The minimum atomic E-state index is -0.201. The molecule has 1 N–H and O–H groups in total. The van der Waals surface area contributed by atoms with Gasteiger partial charge in [0.05, 0.1) is 16.4 Å². The number of para-hydroxylation sites is 2. The van der Waals surface area contributed by atoms with Crippen molar-refractivity contribution in [3.05, 3.63) is 65.0 Å². The van der Waals surface area contributed by atoms with Gasteiger partial charge < -0.3 is 10.1 Å². The lowest BCUT2D eigenvalue weighted by Crippen LogP contribution is -2.20. The molecule has 0 aliphatic carbocycles. The van der Waals surface area contributed by atoms with Gasteiger partial charge in [-0.25, -0.2) is 4.98 Å². The second-order valence-electron chi connectivity index (χ2n) is 4.95. The maximum atomic E-state index is 12.1. The van der Waals surface area contributed by atoms with Crippen LogP contribution in [0.15, 0.2) is 60.0 Å². The maximum absolute atomic E-state index is 12.1. The van der Waals surface area contributed by atoms with Crippen LogP contribution in [0.1, 0.15) is 5.01 Å². The molecule has 0 saturated heterocycles. The number of hydrogen-bond donors (Lipinski definition) is 1. The Morgan fingerprint density at radius 1 is 1.13 bits per heavy atom. The van der Waals surface area contributed by atoms with E-state index in [0.29, 0.717) is 5.75 Å². The van der Waals surface area contributed by atoms with Crippen molar-refractivity contribution in [2.45, 2.75) is 6.92 Å². The smallest absolute Gasteiger partial charge is 0.262 e. The summed E-state index contributed by atoms with van der Waals surface area (Å²) in [5.74, 6) is 0.472. The summed E-state index contributed by atoms with van der Waals surface area (Å²) in [5.41, 5.74) is 2.51. The van der Waals surface area contributed by atoms with E-state index in [1.807, 2.05) is 66.9 Å². The number of amides is 1. The first kappa shape index (κ1) is 15.2. The normalized spacial score (nSPS) is 10.3. The summed E-state index contributed by atoms with van der Waals surface area (Å²) in [6.07, 6.45) is 0. The number of nitrogens with one attached hydrogen (secondary N) is 1. The Balaban J connectivity index is 1.69. The van der Waals surface area contributed by atoms with Gasteiger partial charge in [-0.15, -0.1) is 11.3 Å². The van der Waals surface area contributed by atoms with Crippen molar-refractivity contribution < 1.29 is 9.53 Å². The molecule has 1 aromatic heterocycles. The highest BCUT2D eigenvalue weighted by atomic mass is 32.1. The van der Waals surface area contributed by atoms with Crippen molar-refractivity contribution in [2.24, 2.45) is 0 Å². The summed E-state index contributed by atoms with van der Waals surface area (Å²) >= 11 is 1.59. The van der Waals surface area contributed by atoms with Crippen LogP contribution >= 0.6 is 11.3 Å². The van der Waals surface area contributed by atoms with Crippen molar-refractivity contribution in [1.82, 2.24) is 4.98 Å². The molecule has 116 valence electrons. The van der Waals surface area contributed by atoms with Gasteiger partial charge in [0, 0.05) is 10.9 Å². The number of aromatic nitrogens is 1. The SMILES string of the molecule is Cc1nc(-c2ccccc2NC(=O)COc2ccccc2)cs1. The predicted octanol–water partition coefficient (Wildman–Crippen LogP) is 4.14. The lowest BCUT2D eigenvalue weighted by molar-refractivity contribution is -0.118. The summed E-state index contributed by atoms with van der Waals surface area (Å²) in [5, 5.41) is 5.87. The molecule has 0 unspecified atom stereocenters. The van der Waals surface area contributed by atoms with Gasteiger partial charge in [0.15, 0.2) is 6.61 Å². The number of hydrogen-bond acceptors (Lipinski definition) is 4. The molecule has 23 heavy (non-hydrogen) atoms. The molecule has 0 aliphatic rings. The van der Waals surface area contributed by atoms with E-state index in [0.717, 1.165) is 22.0 Å². The minimum absolute atomic E-state index is 0.0333. The fourth-order valence-corrected chi connectivity index (χ4v) is 2.77. The largest absolute Gasteiger partial charge is 0.484 e. The number of carbonyl (C=O) groups excluding carboxylic acids is 1. The summed E-state index contributed by atoms with van der Waals surface area (Å²) in [6.45, 7) is 1.93. The molecule has 0 radical (unpaired) electrons. The summed E-state index contributed by atoms with van der Waals surface area (Å²) in [7, 11) is 0. The molecular formula is C18H16N2O2S. The number of anilines is 1. The van der Waals surface area contributed by atoms with Crippen molar-refractivity contribution in [3.8, 4) is 17.0 Å². The van der Waals surface area contributed by atoms with Crippen LogP contribution < -0.4 is 10.1 Å². The maximum Gasteiger partial charge on any atom is 0.262 e. The topological polar surface area (TPSA) is 51.2 Å². The first-order chi connectivity index (χ1) is 11.2. The van der Waals surface area contributed by atoms with Crippen molar-refractivity contribution >= 4 is 22.9 Å². The third-order valence-electron chi connectivity index (χ3n) is 3.21. The number of carbonyl (C=O) groups is 1. The summed E-state index contributed by atoms with van der Waals surface area (Å²) in [4.78, 5) is 16.6. The Morgan fingerprint density at radius 2 is 1.87 bits per heavy atom. The molecular weight excluding hydrogens is 308 g/mol. The Hall–Kier alpha value is -2.66. The average Bonchev–Trinajstić information content (AvgIpc) is 3.01. The van der Waals surface area contributed by atoms with E-state index < -0.39 is 0 Å². The van der Waals surface area contributed by atoms with Crippen LogP contribution in [-0.2, 0) is 4.79 Å². The highest BCUT2D eigenvalue weighted by Crippen LogP contribution is 2.28. The van der Waals surface area contributed by atoms with E-state index >= 15 is 0 Å². The summed E-state index contributed by atoms with van der Waals surface area (Å²) < 4.78 is 5.46. The number of aryl methyl sites for hydroxylation is 1. The Bertz CT molecular complexity index is 800. The minimum Gasteiger partial charge on any atom is -0.484 e. The third kappa shape index (κ3) is 3.96. The van der Waals surface area contributed by atoms with Gasteiger partial charge in [0.1, 0.15) is 5.75 Å².